The van der Waals surface area contributed by atoms with Crippen molar-refractivity contribution in [1.29, 1.82) is 0 Å². The van der Waals surface area contributed by atoms with Crippen LogP contribution in [0.25, 0.3) is 0 Å². The molecular formula is C15H22ClNO2S. The number of sulfone groups is 1. The van der Waals surface area contributed by atoms with E-state index in [-0.39, 0.29) is 10.6 Å². The molecule has 0 saturated heterocycles. The second-order valence-corrected chi connectivity index (χ2v) is 8.14. The van der Waals surface area contributed by atoms with Gasteiger partial charge in [0.1, 0.15) is 0 Å². The number of nitrogens with one attached hydrogen (secondary N) is 1. The Balaban J connectivity index is 1.86. The molecule has 3 nitrogen and oxygen atoms in total. The lowest BCUT2D eigenvalue weighted by atomic mass is 9.87. The zero-order chi connectivity index (χ0) is 14.6. The third kappa shape index (κ3) is 4.21. The summed E-state index contributed by atoms with van der Waals surface area (Å²) in [5.74, 6) is 0.905. The highest BCUT2D eigenvalue weighted by Gasteiger charge is 2.20. The van der Waals surface area contributed by atoms with Crippen LogP contribution in [-0.4, -0.2) is 26.8 Å². The molecule has 0 aromatic heterocycles. The van der Waals surface area contributed by atoms with E-state index < -0.39 is 9.84 Å². The number of benzene rings is 1. The molecule has 0 radical (unpaired) electrons. The number of hydrogen-bond acceptors (Lipinski definition) is 3. The van der Waals surface area contributed by atoms with Crippen molar-refractivity contribution >= 4 is 21.4 Å². The van der Waals surface area contributed by atoms with Crippen molar-refractivity contribution in [3.63, 3.8) is 0 Å². The van der Waals surface area contributed by atoms with Gasteiger partial charge in [0.25, 0.3) is 0 Å². The molecule has 0 aliphatic heterocycles. The summed E-state index contributed by atoms with van der Waals surface area (Å²) in [4.78, 5) is 0.237. The van der Waals surface area contributed by atoms with Gasteiger partial charge in [0, 0.05) is 12.6 Å². The maximum atomic E-state index is 12.2. The highest BCUT2D eigenvalue weighted by atomic mass is 35.5. The first-order chi connectivity index (χ1) is 9.49. The first-order valence-corrected chi connectivity index (χ1v) is 9.23. The van der Waals surface area contributed by atoms with Crippen LogP contribution in [0.4, 0.5) is 0 Å². The van der Waals surface area contributed by atoms with Crippen LogP contribution in [0.3, 0.4) is 0 Å². The van der Waals surface area contributed by atoms with Crippen LogP contribution in [0, 0.1) is 5.92 Å². The third-order valence-electron chi connectivity index (χ3n) is 3.99. The van der Waals surface area contributed by atoms with Gasteiger partial charge >= 0.3 is 0 Å². The van der Waals surface area contributed by atoms with E-state index in [1.54, 1.807) is 24.3 Å². The SMILES string of the molecule is CC1CCC(NCCS(=O)(=O)c2ccccc2Cl)CC1. The predicted octanol–water partition coefficient (Wildman–Crippen LogP) is 3.28. The van der Waals surface area contributed by atoms with Crippen LogP contribution < -0.4 is 5.32 Å². The molecule has 1 aliphatic carbocycles. The van der Waals surface area contributed by atoms with E-state index >= 15 is 0 Å². The Bertz CT molecular complexity index is 537. The van der Waals surface area contributed by atoms with E-state index in [1.807, 2.05) is 0 Å². The lowest BCUT2D eigenvalue weighted by Gasteiger charge is -2.27. The predicted molar refractivity (Wildman–Crippen MR) is 82.9 cm³/mol. The maximum absolute atomic E-state index is 12.2. The van der Waals surface area contributed by atoms with Gasteiger partial charge in [-0.05, 0) is 43.7 Å². The van der Waals surface area contributed by atoms with Crippen molar-refractivity contribution in [2.24, 2.45) is 5.92 Å². The zero-order valence-corrected chi connectivity index (χ0v) is 13.4. The van der Waals surface area contributed by atoms with Crippen molar-refractivity contribution in [2.45, 2.75) is 43.5 Å². The molecule has 0 amide bonds. The van der Waals surface area contributed by atoms with Crippen molar-refractivity contribution in [3.8, 4) is 0 Å². The van der Waals surface area contributed by atoms with Crippen LogP contribution in [0.5, 0.6) is 0 Å². The largest absolute Gasteiger partial charge is 0.313 e. The zero-order valence-electron chi connectivity index (χ0n) is 11.8. The summed E-state index contributed by atoms with van der Waals surface area (Å²) < 4.78 is 24.4. The van der Waals surface area contributed by atoms with Crippen molar-refractivity contribution in [2.75, 3.05) is 12.3 Å². The smallest absolute Gasteiger partial charge is 0.181 e. The molecule has 2 rings (SSSR count). The molecule has 1 aliphatic rings. The minimum atomic E-state index is -3.30. The fourth-order valence-electron chi connectivity index (χ4n) is 2.67. The molecular weight excluding hydrogens is 294 g/mol. The normalized spacial score (nSPS) is 23.7. The molecule has 0 heterocycles. The summed E-state index contributed by atoms with van der Waals surface area (Å²) in [6.45, 7) is 2.77. The Morgan fingerprint density at radius 2 is 1.85 bits per heavy atom. The van der Waals surface area contributed by atoms with Crippen molar-refractivity contribution in [3.05, 3.63) is 29.3 Å². The molecule has 20 heavy (non-hydrogen) atoms. The molecule has 0 unspecified atom stereocenters. The van der Waals surface area contributed by atoms with Gasteiger partial charge in [-0.15, -0.1) is 0 Å². The summed E-state index contributed by atoms with van der Waals surface area (Å²) in [6, 6.07) is 7.09. The second-order valence-electron chi connectivity index (χ2n) is 5.66. The summed E-state index contributed by atoms with van der Waals surface area (Å²) in [5, 5.41) is 3.67. The maximum Gasteiger partial charge on any atom is 0.181 e. The van der Waals surface area contributed by atoms with Gasteiger partial charge in [-0.25, -0.2) is 8.42 Å². The van der Waals surface area contributed by atoms with Gasteiger partial charge in [-0.2, -0.15) is 0 Å². The van der Waals surface area contributed by atoms with Gasteiger partial charge in [-0.3, -0.25) is 0 Å². The van der Waals surface area contributed by atoms with E-state index in [4.69, 9.17) is 11.6 Å². The monoisotopic (exact) mass is 315 g/mol. The topological polar surface area (TPSA) is 46.2 Å². The second kappa shape index (κ2) is 6.92. The minimum Gasteiger partial charge on any atom is -0.313 e. The first-order valence-electron chi connectivity index (χ1n) is 7.20. The van der Waals surface area contributed by atoms with Gasteiger partial charge < -0.3 is 5.32 Å². The molecule has 0 atom stereocenters. The third-order valence-corrected chi connectivity index (χ3v) is 6.20. The lowest BCUT2D eigenvalue weighted by molar-refractivity contribution is 0.311. The Labute approximate surface area is 126 Å². The first kappa shape index (κ1) is 15.8. The molecule has 5 heteroatoms. The lowest BCUT2D eigenvalue weighted by Crippen LogP contribution is -2.35. The van der Waals surface area contributed by atoms with E-state index in [2.05, 4.69) is 12.2 Å². The Morgan fingerprint density at radius 3 is 2.50 bits per heavy atom. The average Bonchev–Trinajstić information content (AvgIpc) is 2.41. The van der Waals surface area contributed by atoms with Crippen LogP contribution in [0.1, 0.15) is 32.6 Å². The van der Waals surface area contributed by atoms with E-state index in [0.29, 0.717) is 17.6 Å². The Hall–Kier alpha value is -0.580. The number of hydrogen-bond donors (Lipinski definition) is 1. The van der Waals surface area contributed by atoms with Crippen LogP contribution in [-0.2, 0) is 9.84 Å². The molecule has 1 fully saturated rings. The van der Waals surface area contributed by atoms with Crippen LogP contribution >= 0.6 is 11.6 Å². The minimum absolute atomic E-state index is 0.1000. The van der Waals surface area contributed by atoms with E-state index in [9.17, 15) is 8.42 Å². The average molecular weight is 316 g/mol. The molecule has 1 aromatic carbocycles. The quantitative estimate of drug-likeness (QED) is 0.907. The van der Waals surface area contributed by atoms with Gasteiger partial charge in [-0.1, -0.05) is 30.7 Å². The van der Waals surface area contributed by atoms with Crippen LogP contribution in [0.2, 0.25) is 5.02 Å². The summed E-state index contributed by atoms with van der Waals surface area (Å²) in [7, 11) is -3.30. The van der Waals surface area contributed by atoms with E-state index in [0.717, 1.165) is 18.8 Å². The number of rotatable bonds is 5. The van der Waals surface area contributed by atoms with Gasteiger partial charge in [0.15, 0.2) is 9.84 Å². The molecule has 0 spiro atoms. The van der Waals surface area contributed by atoms with E-state index in [1.165, 1.54) is 12.8 Å². The highest BCUT2D eigenvalue weighted by molar-refractivity contribution is 7.91. The summed E-state index contributed by atoms with van der Waals surface area (Å²) >= 11 is 5.95. The highest BCUT2D eigenvalue weighted by Crippen LogP contribution is 2.24. The molecule has 112 valence electrons. The molecule has 0 bridgehead atoms. The molecule has 1 aromatic rings. The number of halogens is 1. The fourth-order valence-corrected chi connectivity index (χ4v) is 4.41. The molecule has 1 N–H and O–H groups in total. The summed E-state index contributed by atoms with van der Waals surface area (Å²) in [5.41, 5.74) is 0. The summed E-state index contributed by atoms with van der Waals surface area (Å²) in [6.07, 6.45) is 4.75. The Kier molecular flexibility index (Phi) is 5.47. The van der Waals surface area contributed by atoms with Crippen molar-refractivity contribution in [1.82, 2.24) is 5.32 Å². The standard InChI is InChI=1S/C15H22ClNO2S/c1-12-6-8-13(9-7-12)17-10-11-20(18,19)15-5-3-2-4-14(15)16/h2-5,12-13,17H,6-11H2,1H3. The van der Waals surface area contributed by atoms with Gasteiger partial charge in [0.05, 0.1) is 15.7 Å². The Morgan fingerprint density at radius 1 is 1.20 bits per heavy atom. The van der Waals surface area contributed by atoms with Gasteiger partial charge in [0.2, 0.25) is 0 Å². The van der Waals surface area contributed by atoms with Crippen molar-refractivity contribution < 1.29 is 8.42 Å². The van der Waals surface area contributed by atoms with Crippen LogP contribution in [0.15, 0.2) is 29.2 Å². The molecule has 1 saturated carbocycles. The fraction of sp³-hybridized carbons (Fsp3) is 0.600.